The minimum Gasteiger partial charge on any atom is -0.366 e. The highest BCUT2D eigenvalue weighted by molar-refractivity contribution is 6.03. The topological polar surface area (TPSA) is 66.9 Å². The molecular weight excluding hydrogens is 224 g/mol. The smallest absolute Gasteiger partial charge is 0.244 e. The zero-order chi connectivity index (χ0) is 13.7. The van der Waals surface area contributed by atoms with Crippen LogP contribution in [0.4, 0.5) is 0 Å². The maximum Gasteiger partial charge on any atom is 0.244 e. The molecule has 0 radical (unpaired) electrons. The van der Waals surface area contributed by atoms with Crippen molar-refractivity contribution in [3.05, 3.63) is 47.0 Å². The lowest BCUT2D eigenvalue weighted by Gasteiger charge is -2.08. The zero-order valence-corrected chi connectivity index (χ0v) is 11.2. The van der Waals surface area contributed by atoms with Crippen LogP contribution in [0.3, 0.4) is 0 Å². The Morgan fingerprint density at radius 1 is 1.33 bits per heavy atom. The number of amides is 1. The molecule has 0 heterocycles. The molecule has 0 saturated heterocycles. The maximum absolute atomic E-state index is 11.2. The van der Waals surface area contributed by atoms with Gasteiger partial charge in [-0.1, -0.05) is 43.7 Å². The van der Waals surface area contributed by atoms with Gasteiger partial charge in [-0.25, -0.2) is 0 Å². The summed E-state index contributed by atoms with van der Waals surface area (Å²) in [7, 11) is 0. The first-order valence-corrected chi connectivity index (χ1v) is 6.04. The second-order valence-corrected chi connectivity index (χ2v) is 4.81. The highest BCUT2D eigenvalue weighted by atomic mass is 16.1. The second kappa shape index (κ2) is 6.15. The van der Waals surface area contributed by atoms with Crippen molar-refractivity contribution in [2.75, 3.05) is 0 Å². The van der Waals surface area contributed by atoms with Crippen LogP contribution in [0.15, 0.2) is 35.9 Å². The number of rotatable bonds is 5. The van der Waals surface area contributed by atoms with Crippen molar-refractivity contribution >= 4 is 11.6 Å². The first-order chi connectivity index (χ1) is 8.40. The number of carbonyl (C=O) groups excluding carboxylic acids is 1. The molecule has 0 aliphatic heterocycles. The fourth-order valence-corrected chi connectivity index (χ4v) is 1.69. The summed E-state index contributed by atoms with van der Waals surface area (Å²) in [4.78, 5) is 11.2. The summed E-state index contributed by atoms with van der Waals surface area (Å²) >= 11 is 0. The lowest BCUT2D eigenvalue weighted by molar-refractivity contribution is -0.115. The van der Waals surface area contributed by atoms with E-state index in [0.717, 1.165) is 5.56 Å². The largest absolute Gasteiger partial charge is 0.366 e. The molecule has 0 unspecified atom stereocenters. The molecule has 0 spiro atoms. The first-order valence-electron chi connectivity index (χ1n) is 6.04. The number of benzene rings is 1. The summed E-state index contributed by atoms with van der Waals surface area (Å²) in [6, 6.07) is 8.03. The molecule has 1 aromatic rings. The summed E-state index contributed by atoms with van der Waals surface area (Å²) in [5, 5.41) is 7.91. The fraction of sp³-hybridized carbons (Fsp3) is 0.333. The highest BCUT2D eigenvalue weighted by Gasteiger charge is 2.10. The van der Waals surface area contributed by atoms with Gasteiger partial charge in [0.25, 0.3) is 0 Å². The minimum absolute atomic E-state index is 0.0425. The number of primary amides is 1. The molecule has 0 bridgehead atoms. The van der Waals surface area contributed by atoms with Gasteiger partial charge in [0.15, 0.2) is 0 Å². The van der Waals surface area contributed by atoms with Gasteiger partial charge in [-0.2, -0.15) is 0 Å². The lowest BCUT2D eigenvalue weighted by atomic mass is 9.98. The van der Waals surface area contributed by atoms with Crippen LogP contribution < -0.4 is 5.73 Å². The van der Waals surface area contributed by atoms with E-state index < -0.39 is 5.91 Å². The van der Waals surface area contributed by atoms with Gasteiger partial charge in [-0.3, -0.25) is 4.79 Å². The van der Waals surface area contributed by atoms with Crippen molar-refractivity contribution in [2.45, 2.75) is 27.2 Å². The first kappa shape index (κ1) is 14.2. The van der Waals surface area contributed by atoms with Crippen LogP contribution in [-0.4, -0.2) is 11.6 Å². The summed E-state index contributed by atoms with van der Waals surface area (Å²) in [6.45, 7) is 5.82. The van der Waals surface area contributed by atoms with Crippen molar-refractivity contribution in [1.29, 1.82) is 5.41 Å². The van der Waals surface area contributed by atoms with E-state index in [-0.39, 0.29) is 5.92 Å². The number of carbonyl (C=O) groups is 1. The van der Waals surface area contributed by atoms with E-state index in [9.17, 15) is 4.79 Å². The van der Waals surface area contributed by atoms with E-state index in [1.54, 1.807) is 6.08 Å². The molecule has 1 rings (SSSR count). The van der Waals surface area contributed by atoms with Gasteiger partial charge in [0.05, 0.1) is 0 Å². The molecule has 0 aliphatic carbocycles. The molecule has 18 heavy (non-hydrogen) atoms. The third kappa shape index (κ3) is 4.17. The van der Waals surface area contributed by atoms with Gasteiger partial charge in [-0.15, -0.1) is 0 Å². The molecular formula is C15H20N2O. The Labute approximate surface area is 108 Å². The predicted octanol–water partition coefficient (Wildman–Crippen LogP) is 2.62. The third-order valence-corrected chi connectivity index (χ3v) is 2.75. The Morgan fingerprint density at radius 3 is 2.33 bits per heavy atom. The maximum atomic E-state index is 11.2. The number of nitrogens with one attached hydrogen (secondary N) is 1. The molecule has 1 amide bonds. The van der Waals surface area contributed by atoms with Gasteiger partial charge >= 0.3 is 0 Å². The molecule has 0 atom stereocenters. The van der Waals surface area contributed by atoms with E-state index in [1.165, 1.54) is 5.56 Å². The van der Waals surface area contributed by atoms with Crippen molar-refractivity contribution < 1.29 is 4.79 Å². The monoisotopic (exact) mass is 244 g/mol. The van der Waals surface area contributed by atoms with E-state index in [4.69, 9.17) is 11.1 Å². The van der Waals surface area contributed by atoms with Gasteiger partial charge < -0.3 is 11.1 Å². The normalized spacial score (nSPS) is 11.7. The summed E-state index contributed by atoms with van der Waals surface area (Å²) < 4.78 is 0. The van der Waals surface area contributed by atoms with Crippen LogP contribution in [0, 0.1) is 18.3 Å². The van der Waals surface area contributed by atoms with Crippen LogP contribution >= 0.6 is 0 Å². The molecule has 0 saturated carbocycles. The SMILES string of the molecule is Cc1ccc(CC(=N)/C=C(/C(N)=O)C(C)C)cc1. The molecule has 1 aromatic carbocycles. The van der Waals surface area contributed by atoms with E-state index in [0.29, 0.717) is 17.7 Å². The van der Waals surface area contributed by atoms with Crippen molar-refractivity contribution in [1.82, 2.24) is 0 Å². The van der Waals surface area contributed by atoms with Crippen molar-refractivity contribution in [3.8, 4) is 0 Å². The molecule has 3 heteroatoms. The summed E-state index contributed by atoms with van der Waals surface area (Å²) in [5.74, 6) is -0.403. The predicted molar refractivity (Wildman–Crippen MR) is 74.7 cm³/mol. The molecule has 0 fully saturated rings. The third-order valence-electron chi connectivity index (χ3n) is 2.75. The molecule has 3 nitrogen and oxygen atoms in total. The number of hydrogen-bond donors (Lipinski definition) is 2. The average Bonchev–Trinajstić information content (AvgIpc) is 2.28. The standard InChI is InChI=1S/C15H20N2O/c1-10(2)14(15(17)18)9-13(16)8-12-6-4-11(3)5-7-12/h4-7,9-10,16H,8H2,1-3H3,(H2,17,18)/b14-9+,16-13?. The van der Waals surface area contributed by atoms with Crippen molar-refractivity contribution in [2.24, 2.45) is 11.7 Å². The molecule has 0 aliphatic rings. The highest BCUT2D eigenvalue weighted by Crippen LogP contribution is 2.11. The van der Waals surface area contributed by atoms with Crippen LogP contribution in [0.5, 0.6) is 0 Å². The Morgan fingerprint density at radius 2 is 1.89 bits per heavy atom. The fourth-order valence-electron chi connectivity index (χ4n) is 1.69. The minimum atomic E-state index is -0.446. The van der Waals surface area contributed by atoms with E-state index in [2.05, 4.69) is 0 Å². The summed E-state index contributed by atoms with van der Waals surface area (Å²) in [6.07, 6.45) is 2.11. The van der Waals surface area contributed by atoms with E-state index in [1.807, 2.05) is 45.0 Å². The molecule has 96 valence electrons. The van der Waals surface area contributed by atoms with Gasteiger partial charge in [0, 0.05) is 17.7 Å². The summed E-state index contributed by atoms with van der Waals surface area (Å²) in [5.41, 5.74) is 8.47. The Balaban J connectivity index is 2.79. The quantitative estimate of drug-likeness (QED) is 0.607. The lowest BCUT2D eigenvalue weighted by Crippen LogP contribution is -2.19. The van der Waals surface area contributed by atoms with Crippen molar-refractivity contribution in [3.63, 3.8) is 0 Å². The average molecular weight is 244 g/mol. The number of allylic oxidation sites excluding steroid dienone is 1. The number of hydrogen-bond acceptors (Lipinski definition) is 2. The van der Waals surface area contributed by atoms with Crippen LogP contribution in [0.25, 0.3) is 0 Å². The second-order valence-electron chi connectivity index (χ2n) is 4.81. The molecule has 0 aromatic heterocycles. The Hall–Kier alpha value is -1.90. The van der Waals surface area contributed by atoms with Crippen LogP contribution in [0.2, 0.25) is 0 Å². The molecule has 3 N–H and O–H groups in total. The Bertz CT molecular complexity index is 470. The van der Waals surface area contributed by atoms with Gasteiger partial charge in [0.2, 0.25) is 5.91 Å². The number of nitrogens with two attached hydrogens (primary N) is 1. The zero-order valence-electron chi connectivity index (χ0n) is 11.2. The van der Waals surface area contributed by atoms with Crippen LogP contribution in [-0.2, 0) is 11.2 Å². The van der Waals surface area contributed by atoms with Crippen LogP contribution in [0.1, 0.15) is 25.0 Å². The Kier molecular flexibility index (Phi) is 4.84. The van der Waals surface area contributed by atoms with Gasteiger partial charge in [0.1, 0.15) is 0 Å². The number of aryl methyl sites for hydroxylation is 1. The van der Waals surface area contributed by atoms with E-state index >= 15 is 0 Å². The van der Waals surface area contributed by atoms with Gasteiger partial charge in [-0.05, 0) is 24.5 Å².